The number of aromatic nitrogens is 1. The topological polar surface area (TPSA) is 42.4 Å². The number of nitrogens with zero attached hydrogens (tertiary/aromatic N) is 2. The molecule has 1 fully saturated rings. The van der Waals surface area contributed by atoms with E-state index in [0.717, 1.165) is 25.1 Å². The number of amides is 1. The van der Waals surface area contributed by atoms with Gasteiger partial charge in [-0.2, -0.15) is 0 Å². The second kappa shape index (κ2) is 7.70. The molecule has 5 heteroatoms. The Morgan fingerprint density at radius 3 is 2.88 bits per heavy atom. The number of hydrogen-bond acceptors (Lipinski definition) is 4. The van der Waals surface area contributed by atoms with Gasteiger partial charge in [0.1, 0.15) is 12.4 Å². The maximum atomic E-state index is 13.1. The zero-order valence-corrected chi connectivity index (χ0v) is 15.2. The molecule has 1 aromatic heterocycles. The number of ether oxygens (including phenoxy) is 1. The monoisotopic (exact) mass is 364 g/mol. The third-order valence-electron chi connectivity index (χ3n) is 4.65. The van der Waals surface area contributed by atoms with Gasteiger partial charge in [0.15, 0.2) is 0 Å². The molecule has 3 aromatic rings. The van der Waals surface area contributed by atoms with Gasteiger partial charge in [-0.15, -0.1) is 11.3 Å². The van der Waals surface area contributed by atoms with Crippen LogP contribution in [-0.4, -0.2) is 22.3 Å². The van der Waals surface area contributed by atoms with Crippen molar-refractivity contribution in [2.75, 3.05) is 6.54 Å². The quantitative estimate of drug-likeness (QED) is 0.659. The number of thiazole rings is 1. The number of hydrogen-bond donors (Lipinski definition) is 0. The Hall–Kier alpha value is -2.66. The van der Waals surface area contributed by atoms with Gasteiger partial charge < -0.3 is 9.64 Å². The third-order valence-corrected chi connectivity index (χ3v) is 5.28. The standard InChI is InChI=1S/C21H20N2O2S/c24-21(23-11-5-10-20(23)16-6-2-1-3-7-16)17-8-4-9-19(12-17)25-13-18-14-26-15-22-18/h1-4,6-9,12,14-15,20H,5,10-11,13H2. The van der Waals surface area contributed by atoms with Gasteiger partial charge in [-0.25, -0.2) is 4.98 Å². The lowest BCUT2D eigenvalue weighted by Gasteiger charge is -2.25. The molecule has 4 nitrogen and oxygen atoms in total. The van der Waals surface area contributed by atoms with Crippen LogP contribution in [0.5, 0.6) is 5.75 Å². The van der Waals surface area contributed by atoms with Crippen molar-refractivity contribution in [1.82, 2.24) is 9.88 Å². The summed E-state index contributed by atoms with van der Waals surface area (Å²) >= 11 is 1.55. The summed E-state index contributed by atoms with van der Waals surface area (Å²) in [6.07, 6.45) is 2.04. The maximum absolute atomic E-state index is 13.1. The summed E-state index contributed by atoms with van der Waals surface area (Å²) in [6, 6.07) is 17.9. The van der Waals surface area contributed by atoms with E-state index >= 15 is 0 Å². The van der Waals surface area contributed by atoms with E-state index in [0.29, 0.717) is 17.9 Å². The first kappa shape index (κ1) is 16.8. The van der Waals surface area contributed by atoms with E-state index in [2.05, 4.69) is 17.1 Å². The Balaban J connectivity index is 1.49. The molecule has 0 N–H and O–H groups in total. The van der Waals surface area contributed by atoms with Gasteiger partial charge >= 0.3 is 0 Å². The van der Waals surface area contributed by atoms with Crippen LogP contribution in [0.1, 0.15) is 40.5 Å². The molecule has 1 unspecified atom stereocenters. The second-order valence-corrected chi connectivity index (χ2v) is 7.08. The lowest BCUT2D eigenvalue weighted by Crippen LogP contribution is -2.30. The minimum Gasteiger partial charge on any atom is -0.487 e. The molecule has 1 atom stereocenters. The van der Waals surface area contributed by atoms with Gasteiger partial charge in [0, 0.05) is 17.5 Å². The number of carbonyl (C=O) groups is 1. The molecular formula is C21H20N2O2S. The first-order valence-electron chi connectivity index (χ1n) is 8.77. The summed E-state index contributed by atoms with van der Waals surface area (Å²) in [5, 5.41) is 1.96. The van der Waals surface area contributed by atoms with Crippen LogP contribution in [0, 0.1) is 0 Å². The van der Waals surface area contributed by atoms with Crippen molar-refractivity contribution in [2.45, 2.75) is 25.5 Å². The predicted molar refractivity (Wildman–Crippen MR) is 102 cm³/mol. The van der Waals surface area contributed by atoms with E-state index in [1.807, 2.05) is 52.7 Å². The van der Waals surface area contributed by atoms with Gasteiger partial charge in [0.05, 0.1) is 17.2 Å². The molecule has 132 valence electrons. The average molecular weight is 364 g/mol. The van der Waals surface area contributed by atoms with E-state index in [-0.39, 0.29) is 11.9 Å². The van der Waals surface area contributed by atoms with Crippen LogP contribution < -0.4 is 4.74 Å². The normalized spacial score (nSPS) is 16.6. The van der Waals surface area contributed by atoms with Crippen LogP contribution in [0.3, 0.4) is 0 Å². The van der Waals surface area contributed by atoms with E-state index in [1.165, 1.54) is 5.56 Å². The van der Waals surface area contributed by atoms with Gasteiger partial charge in [0.25, 0.3) is 5.91 Å². The Morgan fingerprint density at radius 2 is 2.08 bits per heavy atom. The molecule has 0 bridgehead atoms. The summed E-state index contributed by atoms with van der Waals surface area (Å²) < 4.78 is 5.79. The average Bonchev–Trinajstić information content (AvgIpc) is 3.38. The van der Waals surface area contributed by atoms with Crippen LogP contribution in [0.4, 0.5) is 0 Å². The van der Waals surface area contributed by atoms with Crippen molar-refractivity contribution in [1.29, 1.82) is 0 Å². The second-order valence-electron chi connectivity index (χ2n) is 6.36. The lowest BCUT2D eigenvalue weighted by atomic mass is 10.0. The van der Waals surface area contributed by atoms with E-state index in [9.17, 15) is 4.79 Å². The van der Waals surface area contributed by atoms with Crippen LogP contribution in [-0.2, 0) is 6.61 Å². The molecule has 1 saturated heterocycles. The highest BCUT2D eigenvalue weighted by Crippen LogP contribution is 2.33. The maximum Gasteiger partial charge on any atom is 0.254 e. The van der Waals surface area contributed by atoms with Crippen LogP contribution >= 0.6 is 11.3 Å². The predicted octanol–water partition coefficient (Wildman–Crippen LogP) is 4.70. The number of benzene rings is 2. The van der Waals surface area contributed by atoms with Crippen molar-refractivity contribution < 1.29 is 9.53 Å². The molecule has 0 aliphatic carbocycles. The first-order chi connectivity index (χ1) is 12.8. The molecule has 0 saturated carbocycles. The zero-order chi connectivity index (χ0) is 17.8. The molecule has 4 rings (SSSR count). The lowest BCUT2D eigenvalue weighted by molar-refractivity contribution is 0.0735. The molecule has 2 aromatic carbocycles. The minimum absolute atomic E-state index is 0.0652. The van der Waals surface area contributed by atoms with Gasteiger partial charge in [-0.1, -0.05) is 36.4 Å². The molecule has 1 aliphatic rings. The molecule has 0 spiro atoms. The van der Waals surface area contributed by atoms with Crippen molar-refractivity contribution in [3.8, 4) is 5.75 Å². The molecule has 26 heavy (non-hydrogen) atoms. The summed E-state index contributed by atoms with van der Waals surface area (Å²) in [6.45, 7) is 1.21. The highest BCUT2D eigenvalue weighted by atomic mass is 32.1. The summed E-state index contributed by atoms with van der Waals surface area (Å²) in [7, 11) is 0. The molecular weight excluding hydrogens is 344 g/mol. The van der Waals surface area contributed by atoms with Crippen LogP contribution in [0.2, 0.25) is 0 Å². The first-order valence-corrected chi connectivity index (χ1v) is 9.71. The fraction of sp³-hybridized carbons (Fsp3) is 0.238. The van der Waals surface area contributed by atoms with Crippen LogP contribution in [0.25, 0.3) is 0 Å². The summed E-state index contributed by atoms with van der Waals surface area (Å²) in [4.78, 5) is 19.3. The fourth-order valence-corrected chi connectivity index (χ4v) is 3.93. The Bertz CT molecular complexity index is 865. The summed E-state index contributed by atoms with van der Waals surface area (Å²) in [5.74, 6) is 0.759. The summed E-state index contributed by atoms with van der Waals surface area (Å²) in [5.41, 5.74) is 4.56. The number of carbonyl (C=O) groups excluding carboxylic acids is 1. The highest BCUT2D eigenvalue weighted by molar-refractivity contribution is 7.07. The van der Waals surface area contributed by atoms with Gasteiger partial charge in [-0.3, -0.25) is 4.79 Å². The third kappa shape index (κ3) is 3.63. The van der Waals surface area contributed by atoms with Gasteiger partial charge in [0.2, 0.25) is 0 Å². The largest absolute Gasteiger partial charge is 0.487 e. The Morgan fingerprint density at radius 1 is 1.19 bits per heavy atom. The molecule has 1 aliphatic heterocycles. The molecule has 2 heterocycles. The van der Waals surface area contributed by atoms with Crippen molar-refractivity contribution in [3.63, 3.8) is 0 Å². The van der Waals surface area contributed by atoms with Crippen molar-refractivity contribution in [3.05, 3.63) is 82.3 Å². The van der Waals surface area contributed by atoms with Crippen molar-refractivity contribution >= 4 is 17.2 Å². The molecule has 0 radical (unpaired) electrons. The smallest absolute Gasteiger partial charge is 0.254 e. The SMILES string of the molecule is O=C(c1cccc(OCc2cscn2)c1)N1CCCC1c1ccccc1. The minimum atomic E-state index is 0.0652. The van der Waals surface area contributed by atoms with E-state index in [4.69, 9.17) is 4.74 Å². The number of likely N-dealkylation sites (tertiary alicyclic amines) is 1. The fourth-order valence-electron chi connectivity index (χ4n) is 3.38. The van der Waals surface area contributed by atoms with Crippen molar-refractivity contribution in [2.24, 2.45) is 0 Å². The van der Waals surface area contributed by atoms with Crippen LogP contribution in [0.15, 0.2) is 65.5 Å². The number of rotatable bonds is 5. The van der Waals surface area contributed by atoms with Gasteiger partial charge in [-0.05, 0) is 36.6 Å². The highest BCUT2D eigenvalue weighted by Gasteiger charge is 2.30. The Labute approximate surface area is 157 Å². The Kier molecular flexibility index (Phi) is 4.97. The van der Waals surface area contributed by atoms with E-state index in [1.54, 1.807) is 16.8 Å². The molecule has 1 amide bonds. The zero-order valence-electron chi connectivity index (χ0n) is 14.4. The van der Waals surface area contributed by atoms with E-state index < -0.39 is 0 Å².